The van der Waals surface area contributed by atoms with Crippen molar-refractivity contribution in [1.82, 2.24) is 14.5 Å². The predicted molar refractivity (Wildman–Crippen MR) is 127 cm³/mol. The van der Waals surface area contributed by atoms with E-state index in [4.69, 9.17) is 21.7 Å². The summed E-state index contributed by atoms with van der Waals surface area (Å²) in [6.07, 6.45) is 1.11. The Morgan fingerprint density at radius 3 is 2.56 bits per heavy atom. The van der Waals surface area contributed by atoms with Gasteiger partial charge in [-0.15, -0.1) is 0 Å². The van der Waals surface area contributed by atoms with Crippen LogP contribution in [0.3, 0.4) is 0 Å². The number of hydrogen-bond donors (Lipinski definition) is 2. The van der Waals surface area contributed by atoms with Gasteiger partial charge in [0, 0.05) is 18.7 Å². The molecule has 3 aromatic rings. The molecular weight excluding hydrogens is 426 g/mol. The van der Waals surface area contributed by atoms with Crippen LogP contribution in [0.15, 0.2) is 47.3 Å². The van der Waals surface area contributed by atoms with E-state index in [9.17, 15) is 9.90 Å². The number of hydrogen-bond acceptors (Lipinski definition) is 6. The van der Waals surface area contributed by atoms with E-state index in [1.807, 2.05) is 42.5 Å². The van der Waals surface area contributed by atoms with Crippen molar-refractivity contribution in [3.63, 3.8) is 0 Å². The molecule has 7 nitrogen and oxygen atoms in total. The molecule has 0 radical (unpaired) electrons. The number of rotatable bonds is 7. The summed E-state index contributed by atoms with van der Waals surface area (Å²) >= 11 is 5.42. The molecule has 1 atom stereocenters. The minimum Gasteiger partial charge on any atom is -0.493 e. The van der Waals surface area contributed by atoms with Crippen LogP contribution < -0.4 is 15.0 Å². The fourth-order valence-electron chi connectivity index (χ4n) is 4.53. The molecule has 1 saturated heterocycles. The number of methoxy groups -OCH3 is 2. The first-order valence-electron chi connectivity index (χ1n) is 10.9. The first-order valence-corrected chi connectivity index (χ1v) is 11.3. The number of nitrogens with one attached hydrogen (secondary N) is 1. The first-order chi connectivity index (χ1) is 15.5. The molecule has 4 rings (SSSR count). The average molecular weight is 456 g/mol. The number of aliphatic hydroxyl groups is 1. The van der Waals surface area contributed by atoms with Crippen molar-refractivity contribution in [1.29, 1.82) is 0 Å². The molecule has 0 bridgehead atoms. The third-order valence-corrected chi connectivity index (χ3v) is 6.68. The first kappa shape index (κ1) is 22.5. The summed E-state index contributed by atoms with van der Waals surface area (Å²) < 4.78 is 13.0. The predicted octanol–water partition coefficient (Wildman–Crippen LogP) is 3.52. The summed E-state index contributed by atoms with van der Waals surface area (Å²) in [6.45, 7) is 2.98. The fraction of sp³-hybridized carbons (Fsp3) is 0.417. The van der Waals surface area contributed by atoms with Gasteiger partial charge in [0.2, 0.25) is 0 Å². The van der Waals surface area contributed by atoms with Crippen LogP contribution in [-0.2, 0) is 6.54 Å². The van der Waals surface area contributed by atoms with Gasteiger partial charge >= 0.3 is 0 Å². The molecule has 1 fully saturated rings. The molecule has 0 aliphatic carbocycles. The van der Waals surface area contributed by atoms with Crippen LogP contribution in [-0.4, -0.2) is 53.4 Å². The third kappa shape index (κ3) is 4.44. The lowest BCUT2D eigenvalue weighted by Gasteiger charge is -2.34. The maximum absolute atomic E-state index is 12.8. The minimum atomic E-state index is -0.612. The van der Waals surface area contributed by atoms with Crippen LogP contribution >= 0.6 is 12.2 Å². The van der Waals surface area contributed by atoms with E-state index in [0.717, 1.165) is 43.6 Å². The number of para-hydroxylation sites is 2. The minimum absolute atomic E-state index is 0.0558. The maximum atomic E-state index is 12.8. The normalized spacial score (nSPS) is 16.2. The lowest BCUT2D eigenvalue weighted by atomic mass is 9.87. The SMILES string of the molecule is COc1cccc(C(O)C2CCN(CCn3c(=S)[nH]c4ccccc4c3=O)CC2)c1OC. The van der Waals surface area contributed by atoms with Gasteiger partial charge in [0.15, 0.2) is 16.3 Å². The zero-order valence-corrected chi connectivity index (χ0v) is 19.2. The van der Waals surface area contributed by atoms with Crippen molar-refractivity contribution < 1.29 is 14.6 Å². The molecule has 1 aliphatic heterocycles. The number of benzene rings is 2. The lowest BCUT2D eigenvalue weighted by Crippen LogP contribution is -2.38. The standard InChI is InChI=1S/C24H29N3O4S/c1-30-20-9-5-7-18(22(20)31-2)21(28)16-10-12-26(13-11-16)14-15-27-23(29)17-6-3-4-8-19(17)25-24(27)32/h3-9,16,21,28H,10-15H2,1-2H3,(H,25,32). The second-order valence-electron chi connectivity index (χ2n) is 8.14. The van der Waals surface area contributed by atoms with E-state index in [-0.39, 0.29) is 11.5 Å². The summed E-state index contributed by atoms with van der Waals surface area (Å²) in [5, 5.41) is 11.7. The summed E-state index contributed by atoms with van der Waals surface area (Å²) in [5.41, 5.74) is 1.47. The Labute approximate surface area is 192 Å². The number of aromatic nitrogens is 2. The number of fused-ring (bicyclic) bond motifs is 1. The second-order valence-corrected chi connectivity index (χ2v) is 8.53. The number of piperidine rings is 1. The molecular formula is C24H29N3O4S. The Hall–Kier alpha value is -2.68. The Bertz CT molecular complexity index is 1200. The van der Waals surface area contributed by atoms with Gasteiger partial charge in [0.1, 0.15) is 0 Å². The van der Waals surface area contributed by atoms with Crippen molar-refractivity contribution >= 4 is 23.1 Å². The van der Waals surface area contributed by atoms with Gasteiger partial charge in [-0.3, -0.25) is 9.36 Å². The van der Waals surface area contributed by atoms with Crippen molar-refractivity contribution in [2.45, 2.75) is 25.5 Å². The van der Waals surface area contributed by atoms with Crippen LogP contribution in [0.25, 0.3) is 10.9 Å². The Morgan fingerprint density at radius 2 is 1.84 bits per heavy atom. The monoisotopic (exact) mass is 455 g/mol. The molecule has 0 amide bonds. The molecule has 32 heavy (non-hydrogen) atoms. The molecule has 1 unspecified atom stereocenters. The highest BCUT2D eigenvalue weighted by Gasteiger charge is 2.29. The second kappa shape index (κ2) is 9.85. The van der Waals surface area contributed by atoms with Gasteiger partial charge in [-0.05, 0) is 62.3 Å². The molecule has 170 valence electrons. The molecule has 0 saturated carbocycles. The van der Waals surface area contributed by atoms with Crippen molar-refractivity contribution in [3.8, 4) is 11.5 Å². The molecule has 0 spiro atoms. The van der Waals surface area contributed by atoms with E-state index in [2.05, 4.69) is 9.88 Å². The van der Waals surface area contributed by atoms with E-state index in [1.165, 1.54) is 0 Å². The van der Waals surface area contributed by atoms with Crippen LogP contribution in [0, 0.1) is 10.7 Å². The Kier molecular flexibility index (Phi) is 6.93. The van der Waals surface area contributed by atoms with Gasteiger partial charge in [-0.25, -0.2) is 0 Å². The van der Waals surface area contributed by atoms with Gasteiger partial charge in [-0.1, -0.05) is 24.3 Å². The largest absolute Gasteiger partial charge is 0.493 e. The number of aromatic amines is 1. The number of aliphatic hydroxyl groups excluding tert-OH is 1. The Balaban J connectivity index is 1.40. The smallest absolute Gasteiger partial charge is 0.262 e. The van der Waals surface area contributed by atoms with E-state index in [0.29, 0.717) is 28.2 Å². The van der Waals surface area contributed by atoms with Crippen LogP contribution in [0.2, 0.25) is 0 Å². The molecule has 2 aromatic carbocycles. The fourth-order valence-corrected chi connectivity index (χ4v) is 4.82. The topological polar surface area (TPSA) is 79.7 Å². The van der Waals surface area contributed by atoms with E-state index in [1.54, 1.807) is 18.8 Å². The summed E-state index contributed by atoms with van der Waals surface area (Å²) in [7, 11) is 3.19. The van der Waals surface area contributed by atoms with E-state index >= 15 is 0 Å². The molecule has 2 heterocycles. The Morgan fingerprint density at radius 1 is 1.09 bits per heavy atom. The highest BCUT2D eigenvalue weighted by Crippen LogP contribution is 2.39. The summed E-state index contributed by atoms with van der Waals surface area (Å²) in [4.78, 5) is 18.3. The van der Waals surface area contributed by atoms with Gasteiger partial charge < -0.3 is 24.5 Å². The zero-order chi connectivity index (χ0) is 22.7. The number of likely N-dealkylation sites (tertiary alicyclic amines) is 1. The molecule has 1 aromatic heterocycles. The van der Waals surface area contributed by atoms with Crippen LogP contribution in [0.5, 0.6) is 11.5 Å². The maximum Gasteiger partial charge on any atom is 0.262 e. The molecule has 2 N–H and O–H groups in total. The summed E-state index contributed by atoms with van der Waals surface area (Å²) in [6, 6.07) is 13.0. The quantitative estimate of drug-likeness (QED) is 0.531. The van der Waals surface area contributed by atoms with Gasteiger partial charge in [0.25, 0.3) is 5.56 Å². The highest BCUT2D eigenvalue weighted by molar-refractivity contribution is 7.71. The van der Waals surface area contributed by atoms with E-state index < -0.39 is 6.10 Å². The lowest BCUT2D eigenvalue weighted by molar-refractivity contribution is 0.0559. The third-order valence-electron chi connectivity index (χ3n) is 6.36. The van der Waals surface area contributed by atoms with Gasteiger partial charge in [-0.2, -0.15) is 0 Å². The molecule has 8 heteroatoms. The number of nitrogens with zero attached hydrogens (tertiary/aromatic N) is 2. The van der Waals surface area contributed by atoms with Crippen molar-refractivity contribution in [2.75, 3.05) is 33.9 Å². The van der Waals surface area contributed by atoms with Gasteiger partial charge in [0.05, 0.1) is 31.2 Å². The highest BCUT2D eigenvalue weighted by atomic mass is 32.1. The number of H-pyrrole nitrogens is 1. The van der Waals surface area contributed by atoms with Crippen molar-refractivity contribution in [2.24, 2.45) is 5.92 Å². The van der Waals surface area contributed by atoms with Crippen LogP contribution in [0.4, 0.5) is 0 Å². The van der Waals surface area contributed by atoms with Crippen molar-refractivity contribution in [3.05, 3.63) is 63.2 Å². The zero-order valence-electron chi connectivity index (χ0n) is 18.4. The number of ether oxygens (including phenoxy) is 2. The molecule has 1 aliphatic rings. The summed E-state index contributed by atoms with van der Waals surface area (Å²) in [5.74, 6) is 1.35. The van der Waals surface area contributed by atoms with Crippen LogP contribution in [0.1, 0.15) is 24.5 Å². The average Bonchev–Trinajstić information content (AvgIpc) is 2.83.